The zero-order valence-electron chi connectivity index (χ0n) is 13.3. The summed E-state index contributed by atoms with van der Waals surface area (Å²) in [5.41, 5.74) is 2.64. The first-order valence-electron chi connectivity index (χ1n) is 7.78. The molecule has 2 aromatic heterocycles. The largest absolute Gasteiger partial charge is 0.352 e. The highest BCUT2D eigenvalue weighted by Gasteiger charge is 2.08. The van der Waals surface area contributed by atoms with Crippen LogP contribution < -0.4 is 5.32 Å². The molecule has 0 saturated heterocycles. The molecule has 24 heavy (non-hydrogen) atoms. The molecule has 0 aliphatic carbocycles. The van der Waals surface area contributed by atoms with Crippen molar-refractivity contribution in [1.82, 2.24) is 14.7 Å². The Labute approximate surface area is 145 Å². The average molecular weight is 340 g/mol. The summed E-state index contributed by atoms with van der Waals surface area (Å²) in [5.74, 6) is 0.0997. The van der Waals surface area contributed by atoms with Crippen LogP contribution >= 0.6 is 11.6 Å². The monoisotopic (exact) mass is 339 g/mol. The van der Waals surface area contributed by atoms with Crippen LogP contribution in [-0.2, 0) is 4.79 Å². The van der Waals surface area contributed by atoms with E-state index in [9.17, 15) is 4.79 Å². The fourth-order valence-electron chi connectivity index (χ4n) is 2.50. The van der Waals surface area contributed by atoms with Crippen LogP contribution in [0.2, 0.25) is 5.15 Å². The molecule has 0 radical (unpaired) electrons. The molecule has 0 bridgehead atoms. The summed E-state index contributed by atoms with van der Waals surface area (Å²) in [7, 11) is 0. The van der Waals surface area contributed by atoms with Crippen molar-refractivity contribution < 1.29 is 4.79 Å². The van der Waals surface area contributed by atoms with Gasteiger partial charge in [-0.15, -0.1) is 0 Å². The maximum Gasteiger partial charge on any atom is 0.244 e. The molecule has 0 spiro atoms. The van der Waals surface area contributed by atoms with Gasteiger partial charge in [0.25, 0.3) is 0 Å². The van der Waals surface area contributed by atoms with Crippen LogP contribution in [0.3, 0.4) is 0 Å². The lowest BCUT2D eigenvalue weighted by Crippen LogP contribution is -2.25. The molecular formula is C19H18ClN3O. The Morgan fingerprint density at radius 2 is 2.00 bits per heavy atom. The second-order valence-corrected chi connectivity index (χ2v) is 5.96. The predicted molar refractivity (Wildman–Crippen MR) is 97.1 cm³/mol. The van der Waals surface area contributed by atoms with Crippen LogP contribution in [0.1, 0.15) is 24.1 Å². The van der Waals surface area contributed by atoms with E-state index in [4.69, 9.17) is 11.6 Å². The summed E-state index contributed by atoms with van der Waals surface area (Å²) < 4.78 is 1.85. The fourth-order valence-corrected chi connectivity index (χ4v) is 2.74. The standard InChI is InChI=1S/C19H18ClN3O/c1-14(15-7-3-2-4-8-15)13-21-18(24)11-10-16-19(20)22-17-9-5-6-12-23(16)17/h2-12,14H,13H2,1H3,(H,21,24)/b11-10+/t14-/m0/s1. The summed E-state index contributed by atoms with van der Waals surface area (Å²) >= 11 is 6.14. The zero-order valence-corrected chi connectivity index (χ0v) is 14.1. The third-order valence-corrected chi connectivity index (χ3v) is 4.14. The van der Waals surface area contributed by atoms with Crippen molar-refractivity contribution in [2.75, 3.05) is 6.54 Å². The Kier molecular flexibility index (Phi) is 4.96. The summed E-state index contributed by atoms with van der Waals surface area (Å²) in [6.45, 7) is 2.66. The van der Waals surface area contributed by atoms with Gasteiger partial charge >= 0.3 is 0 Å². The maximum absolute atomic E-state index is 12.1. The second-order valence-electron chi connectivity index (χ2n) is 5.61. The minimum Gasteiger partial charge on any atom is -0.352 e. The number of nitrogens with zero attached hydrogens (tertiary/aromatic N) is 2. The van der Waals surface area contributed by atoms with E-state index in [0.29, 0.717) is 17.4 Å². The van der Waals surface area contributed by atoms with Crippen molar-refractivity contribution in [3.8, 4) is 0 Å². The quantitative estimate of drug-likeness (QED) is 0.716. The Balaban J connectivity index is 1.64. The number of rotatable bonds is 5. The van der Waals surface area contributed by atoms with Crippen LogP contribution in [0.5, 0.6) is 0 Å². The van der Waals surface area contributed by atoms with Crippen LogP contribution in [-0.4, -0.2) is 21.8 Å². The van der Waals surface area contributed by atoms with Gasteiger partial charge in [0, 0.05) is 18.8 Å². The number of hydrogen-bond donors (Lipinski definition) is 1. The number of halogens is 1. The number of aromatic nitrogens is 2. The molecule has 1 amide bonds. The number of carbonyl (C=O) groups excluding carboxylic acids is 1. The zero-order chi connectivity index (χ0) is 16.9. The van der Waals surface area contributed by atoms with Crippen molar-refractivity contribution in [1.29, 1.82) is 0 Å². The lowest BCUT2D eigenvalue weighted by atomic mass is 10.0. The Hall–Kier alpha value is -2.59. The molecule has 0 aliphatic rings. The third-order valence-electron chi connectivity index (χ3n) is 3.87. The highest BCUT2D eigenvalue weighted by Crippen LogP contribution is 2.19. The first-order valence-corrected chi connectivity index (χ1v) is 8.16. The summed E-state index contributed by atoms with van der Waals surface area (Å²) in [4.78, 5) is 16.3. The fraction of sp³-hybridized carbons (Fsp3) is 0.158. The Morgan fingerprint density at radius 3 is 2.79 bits per heavy atom. The molecule has 1 N–H and O–H groups in total. The lowest BCUT2D eigenvalue weighted by molar-refractivity contribution is -0.116. The van der Waals surface area contributed by atoms with E-state index >= 15 is 0 Å². The maximum atomic E-state index is 12.1. The topological polar surface area (TPSA) is 46.4 Å². The van der Waals surface area contributed by atoms with Gasteiger partial charge in [0.1, 0.15) is 5.65 Å². The van der Waals surface area contributed by atoms with E-state index in [0.717, 1.165) is 5.65 Å². The molecule has 1 atom stereocenters. The molecule has 0 fully saturated rings. The van der Waals surface area contributed by atoms with Crippen molar-refractivity contribution in [2.24, 2.45) is 0 Å². The van der Waals surface area contributed by atoms with Gasteiger partial charge in [-0.2, -0.15) is 0 Å². The number of imidazole rings is 1. The Bertz CT molecular complexity index is 871. The number of benzene rings is 1. The van der Waals surface area contributed by atoms with Gasteiger partial charge in [-0.05, 0) is 29.7 Å². The minimum absolute atomic E-state index is 0.153. The van der Waals surface area contributed by atoms with Crippen LogP contribution in [0.4, 0.5) is 0 Å². The van der Waals surface area contributed by atoms with Gasteiger partial charge in [-0.3, -0.25) is 9.20 Å². The molecule has 5 heteroatoms. The second kappa shape index (κ2) is 7.32. The number of hydrogen-bond acceptors (Lipinski definition) is 2. The van der Waals surface area contributed by atoms with Crippen LogP contribution in [0, 0.1) is 0 Å². The highest BCUT2D eigenvalue weighted by molar-refractivity contribution is 6.31. The van der Waals surface area contributed by atoms with Gasteiger partial charge < -0.3 is 5.32 Å². The molecule has 122 valence electrons. The van der Waals surface area contributed by atoms with Gasteiger partial charge in [0.05, 0.1) is 5.69 Å². The number of carbonyl (C=O) groups is 1. The molecule has 3 rings (SSSR count). The van der Waals surface area contributed by atoms with Crippen molar-refractivity contribution in [2.45, 2.75) is 12.8 Å². The normalized spacial score (nSPS) is 12.6. The number of pyridine rings is 1. The smallest absolute Gasteiger partial charge is 0.244 e. The molecule has 0 unspecified atom stereocenters. The molecule has 3 aromatic rings. The SMILES string of the molecule is C[C@@H](CNC(=O)/C=C/c1c(Cl)nc2ccccn12)c1ccccc1. The van der Waals surface area contributed by atoms with Crippen molar-refractivity contribution >= 4 is 29.2 Å². The number of nitrogens with one attached hydrogen (secondary N) is 1. The first-order chi connectivity index (χ1) is 11.6. The molecule has 4 nitrogen and oxygen atoms in total. The van der Waals surface area contributed by atoms with E-state index in [1.807, 2.05) is 47.0 Å². The summed E-state index contributed by atoms with van der Waals surface area (Å²) in [6.07, 6.45) is 5.04. The number of fused-ring (bicyclic) bond motifs is 1. The molecule has 2 heterocycles. The van der Waals surface area contributed by atoms with Gasteiger partial charge in [0.15, 0.2) is 5.15 Å². The van der Waals surface area contributed by atoms with Crippen LogP contribution in [0.15, 0.2) is 60.8 Å². The van der Waals surface area contributed by atoms with Gasteiger partial charge in [-0.25, -0.2) is 4.98 Å². The van der Waals surface area contributed by atoms with E-state index < -0.39 is 0 Å². The van der Waals surface area contributed by atoms with Crippen LogP contribution in [0.25, 0.3) is 11.7 Å². The minimum atomic E-state index is -0.153. The van der Waals surface area contributed by atoms with E-state index in [-0.39, 0.29) is 11.8 Å². The van der Waals surface area contributed by atoms with Crippen molar-refractivity contribution in [3.05, 3.63) is 77.2 Å². The van der Waals surface area contributed by atoms with Crippen molar-refractivity contribution in [3.63, 3.8) is 0 Å². The van der Waals surface area contributed by atoms with E-state index in [1.54, 1.807) is 6.08 Å². The molecule has 1 aromatic carbocycles. The third kappa shape index (κ3) is 3.66. The van der Waals surface area contributed by atoms with E-state index in [1.165, 1.54) is 11.6 Å². The summed E-state index contributed by atoms with van der Waals surface area (Å²) in [6, 6.07) is 15.8. The predicted octanol–water partition coefficient (Wildman–Crippen LogP) is 3.92. The first kappa shape index (κ1) is 16.3. The lowest BCUT2D eigenvalue weighted by Gasteiger charge is -2.11. The van der Waals surface area contributed by atoms with E-state index in [2.05, 4.69) is 29.4 Å². The van der Waals surface area contributed by atoms with Gasteiger partial charge in [0.2, 0.25) is 5.91 Å². The Morgan fingerprint density at radius 1 is 1.25 bits per heavy atom. The highest BCUT2D eigenvalue weighted by atomic mass is 35.5. The number of amides is 1. The summed E-state index contributed by atoms with van der Waals surface area (Å²) in [5, 5.41) is 3.29. The molecular weight excluding hydrogens is 322 g/mol. The van der Waals surface area contributed by atoms with Gasteiger partial charge in [-0.1, -0.05) is 54.9 Å². The molecule has 0 aliphatic heterocycles. The molecule has 0 saturated carbocycles. The average Bonchev–Trinajstić information content (AvgIpc) is 2.93.